The van der Waals surface area contributed by atoms with Gasteiger partial charge in [-0.25, -0.2) is 5.43 Å². The Bertz CT molecular complexity index is 437. The van der Waals surface area contributed by atoms with E-state index < -0.39 is 0 Å². The number of hydrazone groups is 1. The predicted molar refractivity (Wildman–Crippen MR) is 52.9 cm³/mol. The number of amides is 1. The summed E-state index contributed by atoms with van der Waals surface area (Å²) in [4.78, 5) is 11.4. The summed E-state index contributed by atoms with van der Waals surface area (Å²) in [5.41, 5.74) is 5.92. The minimum absolute atomic E-state index is 0.00935. The first-order valence-corrected chi connectivity index (χ1v) is 4.82. The van der Waals surface area contributed by atoms with Crippen LogP contribution in [0.15, 0.2) is 29.4 Å². The topological polar surface area (TPSA) is 41.5 Å². The Morgan fingerprint density at radius 1 is 1.36 bits per heavy atom. The lowest BCUT2D eigenvalue weighted by Gasteiger charge is -2.19. The maximum Gasteiger partial charge on any atom is 0.249 e. The summed E-state index contributed by atoms with van der Waals surface area (Å²) in [5, 5.41) is 4.10. The van der Waals surface area contributed by atoms with E-state index in [9.17, 15) is 4.79 Å². The summed E-state index contributed by atoms with van der Waals surface area (Å²) < 4.78 is 0. The van der Waals surface area contributed by atoms with Crippen LogP contribution in [0.3, 0.4) is 0 Å². The van der Waals surface area contributed by atoms with Gasteiger partial charge in [0.05, 0.1) is 11.6 Å². The van der Waals surface area contributed by atoms with Gasteiger partial charge in [0.25, 0.3) is 0 Å². The molecular weight excluding hydrogens is 176 g/mol. The normalized spacial score (nSPS) is 23.6. The van der Waals surface area contributed by atoms with Crippen molar-refractivity contribution in [1.82, 2.24) is 5.43 Å². The smallest absolute Gasteiger partial charge is 0.249 e. The molecule has 1 N–H and O–H groups in total. The van der Waals surface area contributed by atoms with Crippen molar-refractivity contribution in [3.8, 4) is 0 Å². The van der Waals surface area contributed by atoms with Crippen LogP contribution < -0.4 is 5.43 Å². The van der Waals surface area contributed by atoms with E-state index in [0.29, 0.717) is 0 Å². The summed E-state index contributed by atoms with van der Waals surface area (Å²) in [7, 11) is 0. The van der Waals surface area contributed by atoms with Crippen LogP contribution in [0.5, 0.6) is 0 Å². The van der Waals surface area contributed by atoms with Gasteiger partial charge in [-0.3, -0.25) is 4.79 Å². The number of hydrogen-bond donors (Lipinski definition) is 1. The molecule has 1 aromatic carbocycles. The lowest BCUT2D eigenvalue weighted by atomic mass is 9.82. The first-order valence-electron chi connectivity index (χ1n) is 4.82. The second-order valence-corrected chi connectivity index (χ2v) is 3.72. The number of nitrogens with zero attached hydrogens (tertiary/aromatic N) is 1. The molecule has 1 amide bonds. The van der Waals surface area contributed by atoms with Crippen LogP contribution >= 0.6 is 0 Å². The fraction of sp³-hybridized carbons (Fsp3) is 0.273. The standard InChI is InChI=1S/C11H10N2O/c14-11-9-6-5-7-3-1-2-4-8(7)10(9)12-13-11/h1-4,9H,5-6H2,(H,13,14)/t9-/m1/s1. The third-order valence-electron chi connectivity index (χ3n) is 2.93. The molecular formula is C11H10N2O. The summed E-state index contributed by atoms with van der Waals surface area (Å²) in [5.74, 6) is 0.0411. The first kappa shape index (κ1) is 7.74. The quantitative estimate of drug-likeness (QED) is 0.647. The van der Waals surface area contributed by atoms with Gasteiger partial charge >= 0.3 is 0 Å². The van der Waals surface area contributed by atoms with Gasteiger partial charge in [-0.2, -0.15) is 5.10 Å². The molecule has 3 nitrogen and oxygen atoms in total. The Morgan fingerprint density at radius 3 is 3.14 bits per heavy atom. The zero-order chi connectivity index (χ0) is 9.54. The third kappa shape index (κ3) is 0.923. The Balaban J connectivity index is 2.15. The van der Waals surface area contributed by atoms with E-state index >= 15 is 0 Å². The Kier molecular flexibility index (Phi) is 1.48. The van der Waals surface area contributed by atoms with Crippen molar-refractivity contribution >= 4 is 11.6 Å². The fourth-order valence-corrected chi connectivity index (χ4v) is 2.20. The van der Waals surface area contributed by atoms with E-state index in [1.54, 1.807) is 0 Å². The Morgan fingerprint density at radius 2 is 2.21 bits per heavy atom. The molecule has 3 heteroatoms. The van der Waals surface area contributed by atoms with Crippen molar-refractivity contribution < 1.29 is 4.79 Å². The van der Waals surface area contributed by atoms with Crippen LogP contribution in [0, 0.1) is 5.92 Å². The van der Waals surface area contributed by atoms with E-state index in [2.05, 4.69) is 16.6 Å². The summed E-state index contributed by atoms with van der Waals surface area (Å²) >= 11 is 0. The molecule has 2 aliphatic rings. The van der Waals surface area contributed by atoms with Crippen LogP contribution in [-0.4, -0.2) is 11.6 Å². The number of rotatable bonds is 0. The molecule has 0 bridgehead atoms. The monoisotopic (exact) mass is 186 g/mol. The molecule has 0 unspecified atom stereocenters. The predicted octanol–water partition coefficient (Wildman–Crippen LogP) is 1.08. The van der Waals surface area contributed by atoms with Gasteiger partial charge in [-0.15, -0.1) is 0 Å². The molecule has 1 aromatic rings. The van der Waals surface area contributed by atoms with Crippen molar-refractivity contribution in [3.63, 3.8) is 0 Å². The minimum Gasteiger partial charge on any atom is -0.272 e. The van der Waals surface area contributed by atoms with Gasteiger partial charge < -0.3 is 0 Å². The largest absolute Gasteiger partial charge is 0.272 e. The van der Waals surface area contributed by atoms with Crippen molar-refractivity contribution in [2.24, 2.45) is 11.0 Å². The van der Waals surface area contributed by atoms with Crippen LogP contribution in [0.4, 0.5) is 0 Å². The highest BCUT2D eigenvalue weighted by Gasteiger charge is 2.34. The minimum atomic E-state index is -0.00935. The molecule has 70 valence electrons. The zero-order valence-electron chi connectivity index (χ0n) is 7.66. The van der Waals surface area contributed by atoms with E-state index in [1.807, 2.05) is 18.2 Å². The van der Waals surface area contributed by atoms with Crippen LogP contribution in [0.1, 0.15) is 17.5 Å². The summed E-state index contributed by atoms with van der Waals surface area (Å²) in [6, 6.07) is 8.17. The van der Waals surface area contributed by atoms with Crippen LogP contribution in [0.2, 0.25) is 0 Å². The SMILES string of the molecule is O=C1NN=C2c3ccccc3CC[C@@H]12. The van der Waals surface area contributed by atoms with Crippen molar-refractivity contribution in [2.45, 2.75) is 12.8 Å². The molecule has 0 fully saturated rings. The highest BCUT2D eigenvalue weighted by Crippen LogP contribution is 2.28. The molecule has 14 heavy (non-hydrogen) atoms. The molecule has 3 rings (SSSR count). The number of hydrogen-bond acceptors (Lipinski definition) is 2. The number of nitrogens with one attached hydrogen (secondary N) is 1. The fourth-order valence-electron chi connectivity index (χ4n) is 2.20. The third-order valence-corrected chi connectivity index (χ3v) is 2.93. The van der Waals surface area contributed by atoms with Gasteiger partial charge in [0.1, 0.15) is 0 Å². The second kappa shape index (κ2) is 2.67. The number of carbonyl (C=O) groups excluding carboxylic acids is 1. The van der Waals surface area contributed by atoms with E-state index in [1.165, 1.54) is 5.56 Å². The molecule has 0 spiro atoms. The molecule has 0 saturated heterocycles. The molecule has 1 aliphatic heterocycles. The van der Waals surface area contributed by atoms with Crippen molar-refractivity contribution in [2.75, 3.05) is 0 Å². The molecule has 1 heterocycles. The highest BCUT2D eigenvalue weighted by molar-refractivity contribution is 6.17. The van der Waals surface area contributed by atoms with Gasteiger partial charge in [-0.05, 0) is 18.4 Å². The second-order valence-electron chi connectivity index (χ2n) is 3.72. The maximum absolute atomic E-state index is 11.4. The number of fused-ring (bicyclic) bond motifs is 3. The molecule has 1 aliphatic carbocycles. The zero-order valence-corrected chi connectivity index (χ0v) is 7.66. The maximum atomic E-state index is 11.4. The lowest BCUT2D eigenvalue weighted by molar-refractivity contribution is -0.122. The van der Waals surface area contributed by atoms with Gasteiger partial charge in [0.2, 0.25) is 5.91 Å². The molecule has 0 radical (unpaired) electrons. The first-order chi connectivity index (χ1) is 6.86. The van der Waals surface area contributed by atoms with Crippen molar-refractivity contribution in [1.29, 1.82) is 0 Å². The van der Waals surface area contributed by atoms with E-state index in [0.717, 1.165) is 24.1 Å². The van der Waals surface area contributed by atoms with E-state index in [-0.39, 0.29) is 11.8 Å². The van der Waals surface area contributed by atoms with Crippen LogP contribution in [0.25, 0.3) is 0 Å². The number of aryl methyl sites for hydroxylation is 1. The van der Waals surface area contributed by atoms with Crippen molar-refractivity contribution in [3.05, 3.63) is 35.4 Å². The lowest BCUT2D eigenvalue weighted by Crippen LogP contribution is -2.27. The van der Waals surface area contributed by atoms with Gasteiger partial charge in [0.15, 0.2) is 0 Å². The molecule has 1 atom stereocenters. The number of carbonyl (C=O) groups is 1. The average Bonchev–Trinajstić information content (AvgIpc) is 2.61. The molecule has 0 aromatic heterocycles. The average molecular weight is 186 g/mol. The summed E-state index contributed by atoms with van der Waals surface area (Å²) in [6.07, 6.45) is 1.87. The number of benzene rings is 1. The highest BCUT2D eigenvalue weighted by atomic mass is 16.2. The van der Waals surface area contributed by atoms with Crippen LogP contribution in [-0.2, 0) is 11.2 Å². The Labute approximate surface area is 81.8 Å². The summed E-state index contributed by atoms with van der Waals surface area (Å²) in [6.45, 7) is 0. The van der Waals surface area contributed by atoms with E-state index in [4.69, 9.17) is 0 Å². The Hall–Kier alpha value is -1.64. The van der Waals surface area contributed by atoms with Gasteiger partial charge in [0, 0.05) is 5.56 Å². The molecule has 0 saturated carbocycles. The van der Waals surface area contributed by atoms with Gasteiger partial charge in [-0.1, -0.05) is 24.3 Å².